The second-order valence-electron chi connectivity index (χ2n) is 5.73. The Kier molecular flexibility index (Phi) is 4.93. The summed E-state index contributed by atoms with van der Waals surface area (Å²) in [7, 11) is 0. The summed E-state index contributed by atoms with van der Waals surface area (Å²) in [6.45, 7) is -0.412. The highest BCUT2D eigenvalue weighted by atomic mass is 19.1. The van der Waals surface area contributed by atoms with E-state index >= 15 is 0 Å². The van der Waals surface area contributed by atoms with Crippen molar-refractivity contribution in [1.82, 2.24) is 9.55 Å². The summed E-state index contributed by atoms with van der Waals surface area (Å²) in [6.07, 6.45) is -0.410. The van der Waals surface area contributed by atoms with Gasteiger partial charge in [-0.3, -0.25) is 14.3 Å². The third-order valence-corrected chi connectivity index (χ3v) is 4.01. The van der Waals surface area contributed by atoms with E-state index in [-0.39, 0.29) is 12.0 Å². The minimum atomic E-state index is -0.956. The van der Waals surface area contributed by atoms with E-state index in [9.17, 15) is 19.1 Å². The Hall–Kier alpha value is -2.55. The van der Waals surface area contributed by atoms with Crippen molar-refractivity contribution in [3.05, 3.63) is 68.5 Å². The number of aromatic nitrogens is 2. The van der Waals surface area contributed by atoms with Gasteiger partial charge in [0, 0.05) is 12.6 Å². The lowest BCUT2D eigenvalue weighted by molar-refractivity contribution is -0.0459. The van der Waals surface area contributed by atoms with Crippen LogP contribution >= 0.6 is 0 Å². The molecule has 7 nitrogen and oxygen atoms in total. The highest BCUT2D eigenvalue weighted by Gasteiger charge is 2.35. The van der Waals surface area contributed by atoms with E-state index in [1.165, 1.54) is 6.08 Å². The van der Waals surface area contributed by atoms with Crippen LogP contribution in [0.5, 0.6) is 0 Å². The average molecular weight is 348 g/mol. The number of H-pyrrole nitrogens is 1. The summed E-state index contributed by atoms with van der Waals surface area (Å²) in [5.41, 5.74) is -1.40. The molecule has 0 aliphatic carbocycles. The fourth-order valence-electron chi connectivity index (χ4n) is 2.69. The molecule has 1 saturated heterocycles. The van der Waals surface area contributed by atoms with Gasteiger partial charge in [0.05, 0.1) is 18.3 Å². The number of ether oxygens (including phenoxy) is 1. The maximum Gasteiger partial charge on any atom is 0.330 e. The van der Waals surface area contributed by atoms with Crippen molar-refractivity contribution < 1.29 is 19.3 Å². The Morgan fingerprint density at radius 1 is 1.36 bits per heavy atom. The van der Waals surface area contributed by atoms with Gasteiger partial charge in [0.25, 0.3) is 5.56 Å². The number of hydrogen-bond acceptors (Lipinski definition) is 5. The van der Waals surface area contributed by atoms with Gasteiger partial charge in [-0.1, -0.05) is 30.3 Å². The molecule has 0 spiro atoms. The molecule has 3 N–H and O–H groups in total. The lowest BCUT2D eigenvalue weighted by Crippen LogP contribution is -2.34. The SMILES string of the molecule is O=c1[nH]c(=O)n([C@@H]2CC(O)[C@H](CO)O2)cc1/C(F)=C\c1ccccc1. The van der Waals surface area contributed by atoms with Crippen LogP contribution in [0, 0.1) is 0 Å². The first-order valence-corrected chi connectivity index (χ1v) is 7.72. The zero-order valence-electron chi connectivity index (χ0n) is 13.1. The Balaban J connectivity index is 1.98. The molecule has 8 heteroatoms. The van der Waals surface area contributed by atoms with Crippen LogP contribution in [0.15, 0.2) is 46.1 Å². The number of aromatic amines is 1. The van der Waals surface area contributed by atoms with Gasteiger partial charge in [-0.15, -0.1) is 0 Å². The van der Waals surface area contributed by atoms with Crippen LogP contribution in [0.3, 0.4) is 0 Å². The monoisotopic (exact) mass is 348 g/mol. The molecular weight excluding hydrogens is 331 g/mol. The van der Waals surface area contributed by atoms with Crippen LogP contribution in [0.25, 0.3) is 11.9 Å². The van der Waals surface area contributed by atoms with E-state index in [2.05, 4.69) is 0 Å². The van der Waals surface area contributed by atoms with Gasteiger partial charge in [0.2, 0.25) is 0 Å². The number of rotatable bonds is 4. The topological polar surface area (TPSA) is 105 Å². The molecule has 0 amide bonds. The van der Waals surface area contributed by atoms with Crippen LogP contribution in [-0.2, 0) is 4.74 Å². The molecule has 132 valence electrons. The van der Waals surface area contributed by atoms with E-state index in [4.69, 9.17) is 9.84 Å². The van der Waals surface area contributed by atoms with Gasteiger partial charge >= 0.3 is 5.69 Å². The summed E-state index contributed by atoms with van der Waals surface area (Å²) in [5.74, 6) is -0.807. The van der Waals surface area contributed by atoms with Crippen molar-refractivity contribution in [3.63, 3.8) is 0 Å². The molecule has 0 bridgehead atoms. The summed E-state index contributed by atoms with van der Waals surface area (Å²) in [6, 6.07) is 8.58. The lowest BCUT2D eigenvalue weighted by atomic mass is 10.1. The largest absolute Gasteiger partial charge is 0.394 e. The molecule has 1 aliphatic rings. The quantitative estimate of drug-likeness (QED) is 0.752. The Morgan fingerprint density at radius 2 is 2.08 bits per heavy atom. The maximum absolute atomic E-state index is 14.5. The zero-order chi connectivity index (χ0) is 18.0. The first kappa shape index (κ1) is 17.3. The maximum atomic E-state index is 14.5. The molecular formula is C17H17FN2O5. The summed E-state index contributed by atoms with van der Waals surface area (Å²) < 4.78 is 20.9. The number of aliphatic hydroxyl groups is 2. The number of halogens is 1. The summed E-state index contributed by atoms with van der Waals surface area (Å²) >= 11 is 0. The third-order valence-electron chi connectivity index (χ3n) is 4.01. The molecule has 1 aliphatic heterocycles. The molecule has 1 aromatic carbocycles. The van der Waals surface area contributed by atoms with E-state index < -0.39 is 42.1 Å². The number of aliphatic hydroxyl groups excluding tert-OH is 2. The molecule has 1 fully saturated rings. The van der Waals surface area contributed by atoms with Crippen LogP contribution < -0.4 is 11.2 Å². The van der Waals surface area contributed by atoms with E-state index in [1.54, 1.807) is 30.3 Å². The molecule has 3 atom stereocenters. The number of nitrogens with one attached hydrogen (secondary N) is 1. The highest BCUT2D eigenvalue weighted by Crippen LogP contribution is 2.27. The standard InChI is InChI=1S/C17H17FN2O5/c18-12(6-10-4-2-1-3-5-10)11-8-20(17(24)19-16(11)23)15-7-13(22)14(9-21)25-15/h1-6,8,13-15,21-22H,7,9H2,(H,19,23,24)/b12-6+/t13?,14-,15-/m0/s1. The lowest BCUT2D eigenvalue weighted by Gasteiger charge is -2.15. The molecule has 2 aromatic rings. The fourth-order valence-corrected chi connectivity index (χ4v) is 2.69. The highest BCUT2D eigenvalue weighted by molar-refractivity contribution is 5.75. The first-order chi connectivity index (χ1) is 12.0. The van der Waals surface area contributed by atoms with Gasteiger partial charge in [-0.2, -0.15) is 0 Å². The van der Waals surface area contributed by atoms with Crippen molar-refractivity contribution in [3.8, 4) is 0 Å². The van der Waals surface area contributed by atoms with Crippen molar-refractivity contribution in [2.24, 2.45) is 0 Å². The molecule has 0 saturated carbocycles. The van der Waals surface area contributed by atoms with Gasteiger partial charge in [-0.05, 0) is 11.6 Å². The third kappa shape index (κ3) is 3.60. The molecule has 2 heterocycles. The molecule has 1 unspecified atom stereocenters. The van der Waals surface area contributed by atoms with Crippen molar-refractivity contribution in [2.75, 3.05) is 6.61 Å². The van der Waals surface area contributed by atoms with E-state index in [0.29, 0.717) is 5.56 Å². The number of nitrogens with zero attached hydrogens (tertiary/aromatic N) is 1. The first-order valence-electron chi connectivity index (χ1n) is 7.72. The fraction of sp³-hybridized carbons (Fsp3) is 0.294. The van der Waals surface area contributed by atoms with Crippen molar-refractivity contribution in [2.45, 2.75) is 24.9 Å². The van der Waals surface area contributed by atoms with E-state index in [0.717, 1.165) is 10.8 Å². The van der Waals surface area contributed by atoms with Crippen molar-refractivity contribution in [1.29, 1.82) is 0 Å². The Bertz CT molecular complexity index is 890. The Morgan fingerprint density at radius 3 is 2.72 bits per heavy atom. The van der Waals surface area contributed by atoms with Crippen LogP contribution in [0.2, 0.25) is 0 Å². The van der Waals surface area contributed by atoms with E-state index in [1.807, 2.05) is 4.98 Å². The molecule has 25 heavy (non-hydrogen) atoms. The second kappa shape index (κ2) is 7.14. The number of benzene rings is 1. The van der Waals surface area contributed by atoms with Gasteiger partial charge < -0.3 is 14.9 Å². The molecule has 3 rings (SSSR count). The van der Waals surface area contributed by atoms with Crippen LogP contribution in [0.1, 0.15) is 23.8 Å². The molecule has 0 radical (unpaired) electrons. The second-order valence-corrected chi connectivity index (χ2v) is 5.73. The van der Waals surface area contributed by atoms with Crippen LogP contribution in [-0.4, -0.2) is 38.6 Å². The smallest absolute Gasteiger partial charge is 0.330 e. The van der Waals surface area contributed by atoms with Crippen LogP contribution in [0.4, 0.5) is 4.39 Å². The van der Waals surface area contributed by atoms with Gasteiger partial charge in [-0.25, -0.2) is 9.18 Å². The predicted molar refractivity (Wildman–Crippen MR) is 88.4 cm³/mol. The van der Waals surface area contributed by atoms with Gasteiger partial charge in [0.1, 0.15) is 18.2 Å². The van der Waals surface area contributed by atoms with Crippen molar-refractivity contribution >= 4 is 11.9 Å². The predicted octanol–water partition coefficient (Wildman–Crippen LogP) is 0.645. The average Bonchev–Trinajstić information content (AvgIpc) is 2.96. The minimum absolute atomic E-state index is 0.0423. The minimum Gasteiger partial charge on any atom is -0.394 e. The summed E-state index contributed by atoms with van der Waals surface area (Å²) in [5, 5.41) is 18.9. The molecule has 1 aromatic heterocycles. The normalized spacial score (nSPS) is 23.8. The van der Waals surface area contributed by atoms with Gasteiger partial charge in [0.15, 0.2) is 0 Å². The number of hydrogen-bond donors (Lipinski definition) is 3. The zero-order valence-corrected chi connectivity index (χ0v) is 13.1. The summed E-state index contributed by atoms with van der Waals surface area (Å²) in [4.78, 5) is 26.0. The Labute approximate surface area is 141 Å².